The lowest BCUT2D eigenvalue weighted by molar-refractivity contribution is 0.324. The standard InChI is InChI=1S/C17H17N5O3S/c1-23-13-8-11(9-14(24-2)15(13)25-3)16-20-21-17(26)22(16)19-10-12-6-4-5-7-18-12/h4-10H,1-3H3,(H,21,26)/b19-10-. The predicted molar refractivity (Wildman–Crippen MR) is 99.7 cm³/mol. The first-order chi connectivity index (χ1) is 12.7. The molecule has 0 bridgehead atoms. The van der Waals surface area contributed by atoms with Crippen molar-refractivity contribution in [2.24, 2.45) is 5.10 Å². The summed E-state index contributed by atoms with van der Waals surface area (Å²) < 4.78 is 18.0. The summed E-state index contributed by atoms with van der Waals surface area (Å²) in [4.78, 5) is 4.20. The third-order valence-corrected chi connectivity index (χ3v) is 3.83. The molecule has 0 spiro atoms. The Balaban J connectivity index is 2.09. The highest BCUT2D eigenvalue weighted by Crippen LogP contribution is 2.40. The van der Waals surface area contributed by atoms with Crippen molar-refractivity contribution in [2.45, 2.75) is 0 Å². The van der Waals surface area contributed by atoms with Crippen LogP contribution in [-0.4, -0.2) is 47.4 Å². The highest BCUT2D eigenvalue weighted by molar-refractivity contribution is 7.71. The molecule has 0 atom stereocenters. The van der Waals surface area contributed by atoms with Crippen molar-refractivity contribution >= 4 is 18.4 Å². The summed E-state index contributed by atoms with van der Waals surface area (Å²) in [7, 11) is 4.65. The van der Waals surface area contributed by atoms with Crippen LogP contribution < -0.4 is 14.2 Å². The first kappa shape index (κ1) is 17.6. The smallest absolute Gasteiger partial charge is 0.216 e. The van der Waals surface area contributed by atoms with Crippen LogP contribution in [0.4, 0.5) is 0 Å². The van der Waals surface area contributed by atoms with Gasteiger partial charge in [0, 0.05) is 11.8 Å². The van der Waals surface area contributed by atoms with E-state index in [1.54, 1.807) is 45.9 Å². The monoisotopic (exact) mass is 371 g/mol. The number of H-pyrrole nitrogens is 1. The van der Waals surface area contributed by atoms with Gasteiger partial charge < -0.3 is 14.2 Å². The highest BCUT2D eigenvalue weighted by atomic mass is 32.1. The quantitative estimate of drug-likeness (QED) is 0.530. The van der Waals surface area contributed by atoms with Crippen LogP contribution in [0.1, 0.15) is 5.69 Å². The molecule has 8 nitrogen and oxygen atoms in total. The van der Waals surface area contributed by atoms with Gasteiger partial charge >= 0.3 is 0 Å². The number of nitrogens with zero attached hydrogens (tertiary/aromatic N) is 4. The number of nitrogens with one attached hydrogen (secondary N) is 1. The molecule has 0 unspecified atom stereocenters. The number of methoxy groups -OCH3 is 3. The first-order valence-electron chi connectivity index (χ1n) is 7.61. The number of aromatic amines is 1. The molecule has 0 fully saturated rings. The van der Waals surface area contributed by atoms with Crippen LogP contribution in [0.15, 0.2) is 41.6 Å². The molecule has 3 rings (SSSR count). The third kappa shape index (κ3) is 3.42. The lowest BCUT2D eigenvalue weighted by Crippen LogP contribution is -1.99. The molecule has 2 aromatic heterocycles. The molecule has 0 aliphatic rings. The van der Waals surface area contributed by atoms with Crippen LogP contribution in [-0.2, 0) is 0 Å². The summed E-state index contributed by atoms with van der Waals surface area (Å²) in [6.45, 7) is 0. The van der Waals surface area contributed by atoms with Gasteiger partial charge in [0.05, 0.1) is 33.2 Å². The first-order valence-corrected chi connectivity index (χ1v) is 8.02. The molecule has 26 heavy (non-hydrogen) atoms. The zero-order valence-electron chi connectivity index (χ0n) is 14.5. The summed E-state index contributed by atoms with van der Waals surface area (Å²) in [5.74, 6) is 2.02. The number of hydrogen-bond acceptors (Lipinski definition) is 7. The topological polar surface area (TPSA) is 86.6 Å². The summed E-state index contributed by atoms with van der Waals surface area (Å²) in [5.41, 5.74) is 1.40. The third-order valence-electron chi connectivity index (χ3n) is 3.57. The van der Waals surface area contributed by atoms with Gasteiger partial charge in [0.15, 0.2) is 17.3 Å². The minimum Gasteiger partial charge on any atom is -0.493 e. The van der Waals surface area contributed by atoms with E-state index in [0.29, 0.717) is 39.1 Å². The lowest BCUT2D eigenvalue weighted by Gasteiger charge is -2.13. The highest BCUT2D eigenvalue weighted by Gasteiger charge is 2.17. The maximum Gasteiger partial charge on any atom is 0.216 e. The van der Waals surface area contributed by atoms with E-state index in [4.69, 9.17) is 26.4 Å². The number of pyridine rings is 1. The van der Waals surface area contributed by atoms with Crippen LogP contribution in [0, 0.1) is 4.77 Å². The number of aromatic nitrogens is 4. The van der Waals surface area contributed by atoms with Crippen LogP contribution in [0.2, 0.25) is 0 Å². The molecule has 0 saturated heterocycles. The van der Waals surface area contributed by atoms with Gasteiger partial charge in [-0.2, -0.15) is 14.9 Å². The van der Waals surface area contributed by atoms with Crippen molar-refractivity contribution in [1.29, 1.82) is 0 Å². The second-order valence-electron chi connectivity index (χ2n) is 5.08. The van der Waals surface area contributed by atoms with Gasteiger partial charge in [-0.1, -0.05) is 6.07 Å². The van der Waals surface area contributed by atoms with Crippen LogP contribution >= 0.6 is 12.2 Å². The lowest BCUT2D eigenvalue weighted by atomic mass is 10.1. The fourth-order valence-electron chi connectivity index (χ4n) is 2.37. The second kappa shape index (κ2) is 7.79. The number of rotatable bonds is 6. The molecule has 1 N–H and O–H groups in total. The molecular formula is C17H17N5O3S. The maximum absolute atomic E-state index is 5.39. The molecule has 134 valence electrons. The summed E-state index contributed by atoms with van der Waals surface area (Å²) in [6.07, 6.45) is 3.29. The van der Waals surface area contributed by atoms with Gasteiger partial charge in [-0.05, 0) is 36.5 Å². The largest absolute Gasteiger partial charge is 0.493 e. The summed E-state index contributed by atoms with van der Waals surface area (Å²) in [6, 6.07) is 9.11. The van der Waals surface area contributed by atoms with Crippen LogP contribution in [0.25, 0.3) is 11.4 Å². The van der Waals surface area contributed by atoms with E-state index in [-0.39, 0.29) is 0 Å². The van der Waals surface area contributed by atoms with E-state index in [0.717, 1.165) is 0 Å². The van der Waals surface area contributed by atoms with Crippen molar-refractivity contribution in [2.75, 3.05) is 21.3 Å². The van der Waals surface area contributed by atoms with Crippen molar-refractivity contribution in [3.63, 3.8) is 0 Å². The van der Waals surface area contributed by atoms with E-state index >= 15 is 0 Å². The Labute approximate surface area is 155 Å². The van der Waals surface area contributed by atoms with Crippen molar-refractivity contribution in [1.82, 2.24) is 19.9 Å². The Kier molecular flexibility index (Phi) is 5.28. The number of ether oxygens (including phenoxy) is 3. The van der Waals surface area contributed by atoms with E-state index < -0.39 is 0 Å². The van der Waals surface area contributed by atoms with Gasteiger partial charge in [-0.25, -0.2) is 5.10 Å². The van der Waals surface area contributed by atoms with E-state index in [2.05, 4.69) is 20.3 Å². The predicted octanol–water partition coefficient (Wildman–Crippen LogP) is 2.91. The fraction of sp³-hybridized carbons (Fsp3) is 0.176. The van der Waals surface area contributed by atoms with Gasteiger partial charge in [0.2, 0.25) is 10.5 Å². The Morgan fingerprint density at radius 2 is 1.85 bits per heavy atom. The van der Waals surface area contributed by atoms with Crippen molar-refractivity contribution in [3.05, 3.63) is 47.0 Å². The van der Waals surface area contributed by atoms with Crippen LogP contribution in [0.3, 0.4) is 0 Å². The van der Waals surface area contributed by atoms with E-state index in [1.165, 1.54) is 4.68 Å². The molecule has 3 aromatic rings. The van der Waals surface area contributed by atoms with E-state index in [9.17, 15) is 0 Å². The normalized spacial score (nSPS) is 10.9. The zero-order valence-corrected chi connectivity index (χ0v) is 15.3. The Bertz CT molecular complexity index is 957. The average Bonchev–Trinajstić information content (AvgIpc) is 3.06. The summed E-state index contributed by atoms with van der Waals surface area (Å²) >= 11 is 5.28. The van der Waals surface area contributed by atoms with E-state index in [1.807, 2.05) is 18.2 Å². The Hall–Kier alpha value is -3.20. The fourth-order valence-corrected chi connectivity index (χ4v) is 2.54. The van der Waals surface area contributed by atoms with Gasteiger partial charge in [0.1, 0.15) is 0 Å². The zero-order chi connectivity index (χ0) is 18.5. The number of benzene rings is 1. The molecule has 0 aliphatic carbocycles. The maximum atomic E-state index is 5.39. The minimum absolute atomic E-state index is 0.348. The number of hydrogen-bond donors (Lipinski definition) is 1. The van der Waals surface area contributed by atoms with Gasteiger partial charge in [0.25, 0.3) is 0 Å². The molecule has 1 aromatic carbocycles. The molecule has 0 saturated carbocycles. The SMILES string of the molecule is COc1cc(-c2n[nH]c(=S)n2/N=C\c2ccccn2)cc(OC)c1OC. The van der Waals surface area contributed by atoms with Crippen molar-refractivity contribution < 1.29 is 14.2 Å². The Morgan fingerprint density at radius 1 is 1.12 bits per heavy atom. The molecule has 0 aliphatic heterocycles. The van der Waals surface area contributed by atoms with Gasteiger partial charge in [-0.15, -0.1) is 0 Å². The van der Waals surface area contributed by atoms with Crippen molar-refractivity contribution in [3.8, 4) is 28.6 Å². The van der Waals surface area contributed by atoms with Gasteiger partial charge in [-0.3, -0.25) is 4.98 Å². The summed E-state index contributed by atoms with van der Waals surface area (Å²) in [5, 5.41) is 11.4. The average molecular weight is 371 g/mol. The second-order valence-corrected chi connectivity index (χ2v) is 5.46. The molecule has 2 heterocycles. The Morgan fingerprint density at radius 3 is 2.42 bits per heavy atom. The molecular weight excluding hydrogens is 354 g/mol. The minimum atomic E-state index is 0.348. The molecule has 9 heteroatoms. The molecule has 0 amide bonds. The molecule has 0 radical (unpaired) electrons. The van der Waals surface area contributed by atoms with Crippen LogP contribution in [0.5, 0.6) is 17.2 Å².